The van der Waals surface area contributed by atoms with E-state index < -0.39 is 5.54 Å². The van der Waals surface area contributed by atoms with E-state index in [0.29, 0.717) is 44.4 Å². The fourth-order valence-corrected chi connectivity index (χ4v) is 3.79. The standard InChI is InChI=1S/C17H29N5O3.2ClH/c1-5-24-13-10-17(18,16(13,3)4)15(23)22-8-6-21(7-9-22)11-14-19-12(2)25-20-14;;/h13H,5-11,18H2,1-4H3;2*1H. The number of aryl methyl sites for hydroxylation is 1. The molecule has 1 amide bonds. The minimum absolute atomic E-state index is 0. The normalized spacial score (nSPS) is 27.3. The SMILES string of the molecule is CCOC1CC(N)(C(=O)N2CCN(Cc3noc(C)n3)CC2)C1(C)C.Cl.Cl. The third-order valence-electron chi connectivity index (χ3n) is 5.81. The van der Waals surface area contributed by atoms with Crippen molar-refractivity contribution in [3.05, 3.63) is 11.7 Å². The Balaban J connectivity index is 0.00000182. The zero-order valence-corrected chi connectivity index (χ0v) is 18.1. The van der Waals surface area contributed by atoms with Crippen LogP contribution in [0.15, 0.2) is 4.52 Å². The summed E-state index contributed by atoms with van der Waals surface area (Å²) in [6.45, 7) is 12.0. The highest BCUT2D eigenvalue weighted by molar-refractivity contribution is 5.89. The topological polar surface area (TPSA) is 97.7 Å². The molecule has 0 aromatic carbocycles. The lowest BCUT2D eigenvalue weighted by atomic mass is 9.54. The van der Waals surface area contributed by atoms with Gasteiger partial charge in [0.25, 0.3) is 0 Å². The van der Waals surface area contributed by atoms with Crippen LogP contribution in [0.5, 0.6) is 0 Å². The molecule has 2 fully saturated rings. The number of halogens is 2. The van der Waals surface area contributed by atoms with Crippen molar-refractivity contribution in [1.29, 1.82) is 0 Å². The summed E-state index contributed by atoms with van der Waals surface area (Å²) in [5, 5.41) is 3.93. The van der Waals surface area contributed by atoms with Gasteiger partial charge in [0.05, 0.1) is 12.6 Å². The summed E-state index contributed by atoms with van der Waals surface area (Å²) < 4.78 is 10.7. The zero-order valence-electron chi connectivity index (χ0n) is 16.4. The van der Waals surface area contributed by atoms with E-state index in [1.54, 1.807) is 6.92 Å². The molecule has 2 aliphatic rings. The number of carbonyl (C=O) groups is 1. The molecule has 3 rings (SSSR count). The van der Waals surface area contributed by atoms with E-state index in [9.17, 15) is 4.79 Å². The van der Waals surface area contributed by atoms with Gasteiger partial charge in [-0.05, 0) is 6.92 Å². The monoisotopic (exact) mass is 423 g/mol. The number of hydrogen-bond acceptors (Lipinski definition) is 7. The maximum atomic E-state index is 13.0. The van der Waals surface area contributed by atoms with Gasteiger partial charge in [-0.2, -0.15) is 4.98 Å². The van der Waals surface area contributed by atoms with Crippen molar-refractivity contribution in [1.82, 2.24) is 19.9 Å². The maximum absolute atomic E-state index is 13.0. The van der Waals surface area contributed by atoms with Crippen LogP contribution in [0.4, 0.5) is 0 Å². The van der Waals surface area contributed by atoms with Crippen LogP contribution in [-0.4, -0.2) is 70.3 Å². The second-order valence-electron chi connectivity index (χ2n) is 7.64. The Labute approximate surface area is 173 Å². The first-order valence-corrected chi connectivity index (χ1v) is 8.99. The molecule has 156 valence electrons. The molecule has 2 heterocycles. The van der Waals surface area contributed by atoms with E-state index in [4.69, 9.17) is 15.0 Å². The van der Waals surface area contributed by atoms with Crippen molar-refractivity contribution < 1.29 is 14.1 Å². The van der Waals surface area contributed by atoms with Gasteiger partial charge in [-0.25, -0.2) is 0 Å². The number of amides is 1. The number of ether oxygens (including phenoxy) is 1. The first-order chi connectivity index (χ1) is 11.8. The Morgan fingerprint density at radius 3 is 2.41 bits per heavy atom. The summed E-state index contributed by atoms with van der Waals surface area (Å²) in [4.78, 5) is 21.4. The van der Waals surface area contributed by atoms with Gasteiger partial charge in [0, 0.05) is 51.5 Å². The van der Waals surface area contributed by atoms with E-state index in [2.05, 4.69) is 15.0 Å². The Hall–Kier alpha value is -0.930. The first kappa shape index (κ1) is 24.1. The number of carbonyl (C=O) groups excluding carboxylic acids is 1. The Morgan fingerprint density at radius 1 is 1.30 bits per heavy atom. The molecule has 1 aliphatic heterocycles. The summed E-state index contributed by atoms with van der Waals surface area (Å²) in [6, 6.07) is 0. The fraction of sp³-hybridized carbons (Fsp3) is 0.824. The van der Waals surface area contributed by atoms with Crippen LogP contribution in [0.25, 0.3) is 0 Å². The third kappa shape index (κ3) is 4.40. The highest BCUT2D eigenvalue weighted by Gasteiger charge is 2.63. The molecule has 1 saturated carbocycles. The fourth-order valence-electron chi connectivity index (χ4n) is 3.79. The molecule has 0 bridgehead atoms. The van der Waals surface area contributed by atoms with Gasteiger partial charge >= 0.3 is 0 Å². The average Bonchev–Trinajstić information content (AvgIpc) is 2.99. The van der Waals surface area contributed by atoms with Gasteiger partial charge in [0.15, 0.2) is 5.82 Å². The van der Waals surface area contributed by atoms with E-state index in [0.717, 1.165) is 13.1 Å². The number of hydrogen-bond donors (Lipinski definition) is 1. The Bertz CT molecular complexity index is 634. The van der Waals surface area contributed by atoms with Crippen molar-refractivity contribution in [3.63, 3.8) is 0 Å². The predicted molar refractivity (Wildman–Crippen MR) is 106 cm³/mol. The lowest BCUT2D eigenvalue weighted by molar-refractivity contribution is -0.180. The lowest BCUT2D eigenvalue weighted by Gasteiger charge is -2.59. The van der Waals surface area contributed by atoms with Gasteiger partial charge in [-0.3, -0.25) is 9.69 Å². The molecule has 8 nitrogen and oxygen atoms in total. The van der Waals surface area contributed by atoms with Gasteiger partial charge in [-0.15, -0.1) is 24.8 Å². The maximum Gasteiger partial charge on any atom is 0.243 e. The van der Waals surface area contributed by atoms with Crippen LogP contribution >= 0.6 is 24.8 Å². The molecule has 2 unspecified atom stereocenters. The van der Waals surface area contributed by atoms with E-state index in [1.807, 2.05) is 25.7 Å². The van der Waals surface area contributed by atoms with Crippen molar-refractivity contribution in [2.75, 3.05) is 32.8 Å². The van der Waals surface area contributed by atoms with Crippen molar-refractivity contribution in [2.24, 2.45) is 11.1 Å². The molecule has 1 aromatic rings. The molecule has 0 radical (unpaired) electrons. The highest BCUT2D eigenvalue weighted by Crippen LogP contribution is 2.50. The summed E-state index contributed by atoms with van der Waals surface area (Å²) >= 11 is 0. The molecule has 1 aliphatic carbocycles. The molecule has 2 atom stereocenters. The third-order valence-corrected chi connectivity index (χ3v) is 5.81. The predicted octanol–water partition coefficient (Wildman–Crippen LogP) is 1.40. The van der Waals surface area contributed by atoms with Gasteiger partial charge in [-0.1, -0.05) is 19.0 Å². The molecule has 1 aromatic heterocycles. The number of nitrogens with zero attached hydrogens (tertiary/aromatic N) is 4. The molecule has 0 spiro atoms. The minimum atomic E-state index is -0.834. The zero-order chi connectivity index (χ0) is 18.2. The van der Waals surface area contributed by atoms with Crippen LogP contribution in [0.1, 0.15) is 38.9 Å². The van der Waals surface area contributed by atoms with Crippen LogP contribution in [0.3, 0.4) is 0 Å². The quantitative estimate of drug-likeness (QED) is 0.763. The van der Waals surface area contributed by atoms with Crippen LogP contribution in [0, 0.1) is 12.3 Å². The largest absolute Gasteiger partial charge is 0.378 e. The van der Waals surface area contributed by atoms with E-state index in [1.165, 1.54) is 0 Å². The summed E-state index contributed by atoms with van der Waals surface area (Å²) in [5.74, 6) is 1.31. The second-order valence-corrected chi connectivity index (χ2v) is 7.64. The van der Waals surface area contributed by atoms with Gasteiger partial charge < -0.3 is 19.9 Å². The molecule has 27 heavy (non-hydrogen) atoms. The molecule has 10 heteroatoms. The number of nitrogens with two attached hydrogens (primary N) is 1. The second kappa shape index (κ2) is 9.05. The summed E-state index contributed by atoms with van der Waals surface area (Å²) in [6.07, 6.45) is 0.642. The number of piperazine rings is 1. The van der Waals surface area contributed by atoms with Crippen LogP contribution in [-0.2, 0) is 16.1 Å². The first-order valence-electron chi connectivity index (χ1n) is 8.99. The van der Waals surface area contributed by atoms with E-state index >= 15 is 0 Å². The Kier molecular flexibility index (Phi) is 8.08. The minimum Gasteiger partial charge on any atom is -0.378 e. The number of aromatic nitrogens is 2. The summed E-state index contributed by atoms with van der Waals surface area (Å²) in [5.41, 5.74) is 5.34. The molecular formula is C17H31Cl2N5O3. The molecule has 1 saturated heterocycles. The smallest absolute Gasteiger partial charge is 0.243 e. The lowest BCUT2D eigenvalue weighted by Crippen LogP contribution is -2.76. The highest BCUT2D eigenvalue weighted by atomic mass is 35.5. The Morgan fingerprint density at radius 2 is 1.93 bits per heavy atom. The van der Waals surface area contributed by atoms with Crippen molar-refractivity contribution in [3.8, 4) is 0 Å². The average molecular weight is 424 g/mol. The van der Waals surface area contributed by atoms with Crippen molar-refractivity contribution >= 4 is 30.7 Å². The molecular weight excluding hydrogens is 393 g/mol. The van der Waals surface area contributed by atoms with E-state index in [-0.39, 0.29) is 42.2 Å². The van der Waals surface area contributed by atoms with Gasteiger partial charge in [0.1, 0.15) is 5.54 Å². The summed E-state index contributed by atoms with van der Waals surface area (Å²) in [7, 11) is 0. The molecule has 2 N–H and O–H groups in total. The van der Waals surface area contributed by atoms with Crippen LogP contribution < -0.4 is 5.73 Å². The van der Waals surface area contributed by atoms with Gasteiger partial charge in [0.2, 0.25) is 11.8 Å². The van der Waals surface area contributed by atoms with Crippen molar-refractivity contribution in [2.45, 2.75) is 52.3 Å². The van der Waals surface area contributed by atoms with Crippen LogP contribution in [0.2, 0.25) is 0 Å². The number of rotatable bonds is 5.